The van der Waals surface area contributed by atoms with E-state index in [0.717, 1.165) is 19.3 Å². The number of esters is 1. The topological polar surface area (TPSA) is 96.4 Å². The molecule has 3 saturated heterocycles. The molecule has 0 aromatic rings. The molecule has 2 bridgehead atoms. The van der Waals surface area contributed by atoms with Crippen LogP contribution in [0.25, 0.3) is 0 Å². The van der Waals surface area contributed by atoms with Crippen LogP contribution in [0, 0.1) is 23.7 Å². The lowest BCUT2D eigenvalue weighted by Crippen LogP contribution is -2.59. The minimum atomic E-state index is -1.15. The van der Waals surface area contributed by atoms with E-state index in [1.807, 2.05) is 27.7 Å². The van der Waals surface area contributed by atoms with Crippen molar-refractivity contribution in [3.8, 4) is 0 Å². The van der Waals surface area contributed by atoms with Crippen LogP contribution in [0.5, 0.6) is 0 Å². The highest BCUT2D eigenvalue weighted by molar-refractivity contribution is 5.98. The molecule has 2 amide bonds. The number of allylic oxidation sites excluding steroid dienone is 1. The van der Waals surface area contributed by atoms with Gasteiger partial charge in [0.15, 0.2) is 0 Å². The summed E-state index contributed by atoms with van der Waals surface area (Å²) in [6.45, 7) is 18.2. The molecule has 3 heterocycles. The van der Waals surface area contributed by atoms with Crippen molar-refractivity contribution in [3.63, 3.8) is 0 Å². The van der Waals surface area contributed by atoms with Crippen LogP contribution in [0.2, 0.25) is 0 Å². The van der Waals surface area contributed by atoms with E-state index < -0.39 is 41.1 Å². The number of rotatable bonds is 14. The summed E-state index contributed by atoms with van der Waals surface area (Å²) in [6.07, 6.45) is 7.06. The Morgan fingerprint density at radius 2 is 2.00 bits per heavy atom. The molecule has 208 valence electrons. The number of likely N-dealkylation sites (tertiary alicyclic amines) is 1. The van der Waals surface area contributed by atoms with Gasteiger partial charge in [0, 0.05) is 13.1 Å². The van der Waals surface area contributed by atoms with Gasteiger partial charge in [0.05, 0.1) is 30.8 Å². The van der Waals surface area contributed by atoms with Crippen LogP contribution < -0.4 is 0 Å². The first-order valence-corrected chi connectivity index (χ1v) is 13.9. The lowest BCUT2D eigenvalue weighted by Gasteiger charge is -2.40. The maximum absolute atomic E-state index is 14.3. The first kappa shape index (κ1) is 29.4. The van der Waals surface area contributed by atoms with Crippen LogP contribution >= 0.6 is 0 Å². The predicted molar refractivity (Wildman–Crippen MR) is 141 cm³/mol. The average Bonchev–Trinajstić information content (AvgIpc) is 3.36. The first-order chi connectivity index (χ1) is 17.5. The second-order valence-electron chi connectivity index (χ2n) is 11.5. The van der Waals surface area contributed by atoms with Gasteiger partial charge in [-0.15, -0.1) is 13.2 Å². The average molecular weight is 519 g/mol. The lowest BCUT2D eigenvalue weighted by atomic mass is 9.62. The minimum absolute atomic E-state index is 0.0624. The molecule has 0 aromatic carbocycles. The minimum Gasteiger partial charge on any atom is -0.465 e. The maximum atomic E-state index is 14.3. The molecule has 0 aromatic heterocycles. The summed E-state index contributed by atoms with van der Waals surface area (Å²) in [5.41, 5.74) is -2.07. The van der Waals surface area contributed by atoms with Gasteiger partial charge in [-0.05, 0) is 44.4 Å². The number of nitrogens with zero attached hydrogens (tertiary/aromatic N) is 2. The Kier molecular flexibility index (Phi) is 9.27. The third kappa shape index (κ3) is 4.87. The Balaban J connectivity index is 2.09. The fourth-order valence-electron chi connectivity index (χ4n) is 6.75. The van der Waals surface area contributed by atoms with E-state index in [1.165, 1.54) is 0 Å². The summed E-state index contributed by atoms with van der Waals surface area (Å²) in [7, 11) is 0. The monoisotopic (exact) mass is 518 g/mol. The number of carbonyl (C=O) groups excluding carboxylic acids is 3. The maximum Gasteiger partial charge on any atom is 0.312 e. The van der Waals surface area contributed by atoms with E-state index in [4.69, 9.17) is 9.47 Å². The smallest absolute Gasteiger partial charge is 0.312 e. The van der Waals surface area contributed by atoms with Crippen LogP contribution in [-0.4, -0.2) is 82.3 Å². The van der Waals surface area contributed by atoms with Crippen molar-refractivity contribution >= 4 is 17.8 Å². The molecule has 3 rings (SSSR count). The number of hydrogen-bond acceptors (Lipinski definition) is 6. The van der Waals surface area contributed by atoms with Gasteiger partial charge in [-0.2, -0.15) is 0 Å². The normalized spacial score (nSPS) is 32.9. The van der Waals surface area contributed by atoms with E-state index in [1.54, 1.807) is 22.0 Å². The number of unbranched alkanes of at least 4 members (excludes halogenated alkanes) is 2. The molecule has 3 fully saturated rings. The Morgan fingerprint density at radius 1 is 1.30 bits per heavy atom. The van der Waals surface area contributed by atoms with Gasteiger partial charge in [-0.1, -0.05) is 46.3 Å². The SMILES string of the molecule is C=CCCCOC(=O)[C@@H]1[C@H]2C(=O)N([C@@H](CO)C(C)C)C(C(=O)N(CC=C)CCCC)C23CC(C)[C@@]1(C)O3. The number of amides is 2. The number of fused-ring (bicyclic) bond motifs is 1. The largest absolute Gasteiger partial charge is 0.465 e. The molecule has 1 N–H and O–H groups in total. The van der Waals surface area contributed by atoms with Gasteiger partial charge in [0.2, 0.25) is 11.8 Å². The summed E-state index contributed by atoms with van der Waals surface area (Å²) in [5.74, 6) is -2.78. The molecule has 8 nitrogen and oxygen atoms in total. The number of ether oxygens (including phenoxy) is 2. The van der Waals surface area contributed by atoms with Crippen molar-refractivity contribution < 1.29 is 29.0 Å². The third-order valence-corrected chi connectivity index (χ3v) is 8.79. The third-order valence-electron chi connectivity index (χ3n) is 8.79. The Morgan fingerprint density at radius 3 is 2.57 bits per heavy atom. The summed E-state index contributed by atoms with van der Waals surface area (Å²) in [4.78, 5) is 45.3. The first-order valence-electron chi connectivity index (χ1n) is 13.9. The predicted octanol–water partition coefficient (Wildman–Crippen LogP) is 3.34. The summed E-state index contributed by atoms with van der Waals surface area (Å²) < 4.78 is 12.4. The lowest BCUT2D eigenvalue weighted by molar-refractivity contribution is -0.164. The second-order valence-corrected chi connectivity index (χ2v) is 11.5. The molecule has 0 saturated carbocycles. The Labute approximate surface area is 222 Å². The number of aliphatic hydroxyl groups excluding tert-OH is 1. The standard InChI is InChI=1S/C29H46N2O6/c1-8-11-13-16-36-27(35)23-22-25(33)31(21(18-32)19(4)5)24(26(34)30(14-10-3)15-12-9-2)29(22)17-20(6)28(23,7)37-29/h8,10,19-24,32H,1,3,9,11-18H2,2,4-7H3/t20?,21-,22-,23-,24?,28+,29?/m0/s1. The highest BCUT2D eigenvalue weighted by Crippen LogP contribution is 2.65. The van der Waals surface area contributed by atoms with Crippen molar-refractivity contribution in [1.29, 1.82) is 0 Å². The van der Waals surface area contributed by atoms with Crippen molar-refractivity contribution in [1.82, 2.24) is 9.80 Å². The van der Waals surface area contributed by atoms with E-state index in [0.29, 0.717) is 25.9 Å². The van der Waals surface area contributed by atoms with E-state index in [2.05, 4.69) is 20.1 Å². The van der Waals surface area contributed by atoms with Gasteiger partial charge in [-0.25, -0.2) is 0 Å². The van der Waals surface area contributed by atoms with Gasteiger partial charge in [-0.3, -0.25) is 14.4 Å². The van der Waals surface area contributed by atoms with E-state index in [-0.39, 0.29) is 36.9 Å². The molecule has 8 heteroatoms. The molecule has 0 aliphatic carbocycles. The molecular weight excluding hydrogens is 472 g/mol. The van der Waals surface area contributed by atoms with Gasteiger partial charge >= 0.3 is 5.97 Å². The summed E-state index contributed by atoms with van der Waals surface area (Å²) in [5, 5.41) is 10.4. The fraction of sp³-hybridized carbons (Fsp3) is 0.759. The highest BCUT2D eigenvalue weighted by Gasteiger charge is 2.80. The summed E-state index contributed by atoms with van der Waals surface area (Å²) in [6, 6.07) is -1.50. The van der Waals surface area contributed by atoms with E-state index >= 15 is 0 Å². The molecule has 37 heavy (non-hydrogen) atoms. The van der Waals surface area contributed by atoms with Crippen LogP contribution in [-0.2, 0) is 23.9 Å². The second kappa shape index (κ2) is 11.7. The van der Waals surface area contributed by atoms with Crippen LogP contribution in [0.3, 0.4) is 0 Å². The zero-order valence-electron chi connectivity index (χ0n) is 23.3. The number of aliphatic hydroxyl groups is 1. The molecule has 0 radical (unpaired) electrons. The molecule has 1 spiro atoms. The molecule has 7 atom stereocenters. The Bertz CT molecular complexity index is 890. The molecule has 3 aliphatic heterocycles. The molecule has 3 aliphatic rings. The van der Waals surface area contributed by atoms with Crippen molar-refractivity contribution in [3.05, 3.63) is 25.3 Å². The van der Waals surface area contributed by atoms with Crippen LogP contribution in [0.1, 0.15) is 66.7 Å². The van der Waals surface area contributed by atoms with Crippen LogP contribution in [0.4, 0.5) is 0 Å². The summed E-state index contributed by atoms with van der Waals surface area (Å²) >= 11 is 0. The Hall–Kier alpha value is -2.19. The van der Waals surface area contributed by atoms with Crippen molar-refractivity contribution in [2.24, 2.45) is 23.7 Å². The number of hydrogen-bond donors (Lipinski definition) is 1. The highest BCUT2D eigenvalue weighted by atomic mass is 16.6. The van der Waals surface area contributed by atoms with Gasteiger partial charge in [0.25, 0.3) is 0 Å². The zero-order chi connectivity index (χ0) is 27.5. The van der Waals surface area contributed by atoms with E-state index in [9.17, 15) is 19.5 Å². The van der Waals surface area contributed by atoms with Gasteiger partial charge < -0.3 is 24.4 Å². The van der Waals surface area contributed by atoms with Crippen LogP contribution in [0.15, 0.2) is 25.3 Å². The van der Waals surface area contributed by atoms with Gasteiger partial charge in [0.1, 0.15) is 17.6 Å². The quantitative estimate of drug-likeness (QED) is 0.215. The molecular formula is C29H46N2O6. The fourth-order valence-corrected chi connectivity index (χ4v) is 6.75. The molecule has 3 unspecified atom stereocenters. The zero-order valence-corrected chi connectivity index (χ0v) is 23.3. The van der Waals surface area contributed by atoms with Crippen molar-refractivity contribution in [2.75, 3.05) is 26.3 Å². The van der Waals surface area contributed by atoms with Crippen molar-refractivity contribution in [2.45, 2.75) is 90.0 Å². The number of carbonyl (C=O) groups is 3.